The molecule has 0 aromatic heterocycles. The van der Waals surface area contributed by atoms with Crippen molar-refractivity contribution in [1.29, 1.82) is 0 Å². The van der Waals surface area contributed by atoms with Crippen LogP contribution in [0.1, 0.15) is 10.4 Å². The normalized spacial score (nSPS) is 11.1. The molecule has 7 heteroatoms. The molecule has 3 rings (SSSR count). The second-order valence-corrected chi connectivity index (χ2v) is 7.58. The summed E-state index contributed by atoms with van der Waals surface area (Å²) in [6, 6.07) is 21.9. The van der Waals surface area contributed by atoms with Crippen LogP contribution in [0.5, 0.6) is 0 Å². The van der Waals surface area contributed by atoms with Crippen LogP contribution >= 0.6 is 11.6 Å². The Kier molecular flexibility index (Phi) is 5.37. The molecule has 0 unspecified atom stereocenters. The smallest absolute Gasteiger partial charge is 0.266 e. The fourth-order valence-electron chi connectivity index (χ4n) is 2.33. The quantitative estimate of drug-likeness (QED) is 0.657. The summed E-state index contributed by atoms with van der Waals surface area (Å²) in [7, 11) is -3.83. The molecule has 26 heavy (non-hydrogen) atoms. The molecule has 0 aliphatic rings. The van der Waals surface area contributed by atoms with Gasteiger partial charge >= 0.3 is 0 Å². The number of hydrogen-bond acceptors (Lipinski definition) is 3. The lowest BCUT2D eigenvalue weighted by atomic mass is 10.0. The van der Waals surface area contributed by atoms with Crippen molar-refractivity contribution >= 4 is 27.5 Å². The number of carbonyl (C=O) groups is 1. The van der Waals surface area contributed by atoms with Crippen molar-refractivity contribution in [2.45, 2.75) is 4.90 Å². The van der Waals surface area contributed by atoms with Crippen molar-refractivity contribution in [2.24, 2.45) is 0 Å². The van der Waals surface area contributed by atoms with Gasteiger partial charge in [-0.3, -0.25) is 10.2 Å². The van der Waals surface area contributed by atoms with Crippen LogP contribution in [0.2, 0.25) is 5.02 Å². The van der Waals surface area contributed by atoms with E-state index in [1.54, 1.807) is 48.5 Å². The van der Waals surface area contributed by atoms with E-state index in [0.717, 1.165) is 11.1 Å². The van der Waals surface area contributed by atoms with E-state index in [9.17, 15) is 13.2 Å². The lowest BCUT2D eigenvalue weighted by molar-refractivity contribution is 0.0945. The Bertz CT molecular complexity index is 1020. The molecule has 3 aromatic rings. The molecule has 132 valence electrons. The molecule has 0 heterocycles. The van der Waals surface area contributed by atoms with Gasteiger partial charge in [-0.05, 0) is 47.5 Å². The lowest BCUT2D eigenvalue weighted by Crippen LogP contribution is -2.41. The zero-order valence-corrected chi connectivity index (χ0v) is 15.1. The maximum atomic E-state index is 12.3. The third-order valence-electron chi connectivity index (χ3n) is 3.65. The number of amides is 1. The Morgan fingerprint density at radius 1 is 0.808 bits per heavy atom. The van der Waals surface area contributed by atoms with Gasteiger partial charge in [0.05, 0.1) is 4.90 Å². The van der Waals surface area contributed by atoms with Crippen LogP contribution in [0, 0.1) is 0 Å². The van der Waals surface area contributed by atoms with E-state index in [-0.39, 0.29) is 4.90 Å². The Labute approximate surface area is 156 Å². The summed E-state index contributed by atoms with van der Waals surface area (Å²) in [6.07, 6.45) is 0. The number of hydrogen-bond donors (Lipinski definition) is 2. The highest BCUT2D eigenvalue weighted by atomic mass is 35.5. The van der Waals surface area contributed by atoms with E-state index >= 15 is 0 Å². The molecule has 0 saturated carbocycles. The Morgan fingerprint density at radius 3 is 2.19 bits per heavy atom. The van der Waals surface area contributed by atoms with Gasteiger partial charge in [-0.15, -0.1) is 4.83 Å². The molecule has 0 aliphatic heterocycles. The highest BCUT2D eigenvalue weighted by Crippen LogP contribution is 2.22. The van der Waals surface area contributed by atoms with E-state index < -0.39 is 15.9 Å². The van der Waals surface area contributed by atoms with Crippen molar-refractivity contribution in [3.05, 3.63) is 89.4 Å². The lowest BCUT2D eigenvalue weighted by Gasteiger charge is -2.09. The van der Waals surface area contributed by atoms with Crippen LogP contribution in [-0.2, 0) is 10.0 Å². The van der Waals surface area contributed by atoms with Crippen molar-refractivity contribution in [1.82, 2.24) is 10.3 Å². The van der Waals surface area contributed by atoms with Gasteiger partial charge in [0.2, 0.25) is 0 Å². The average Bonchev–Trinajstić information content (AvgIpc) is 2.67. The largest absolute Gasteiger partial charge is 0.273 e. The first-order valence-corrected chi connectivity index (χ1v) is 9.55. The Hall–Kier alpha value is -2.67. The maximum absolute atomic E-state index is 12.3. The molecule has 2 N–H and O–H groups in total. The van der Waals surface area contributed by atoms with E-state index in [4.69, 9.17) is 11.6 Å². The van der Waals surface area contributed by atoms with Crippen LogP contribution in [0.4, 0.5) is 0 Å². The van der Waals surface area contributed by atoms with Gasteiger partial charge in [-0.2, -0.15) is 0 Å². The average molecular weight is 387 g/mol. The molecule has 0 aliphatic carbocycles. The van der Waals surface area contributed by atoms with Crippen LogP contribution in [0.25, 0.3) is 11.1 Å². The Balaban J connectivity index is 1.74. The third-order valence-corrected chi connectivity index (χ3v) is 5.17. The van der Waals surface area contributed by atoms with Crippen molar-refractivity contribution in [3.63, 3.8) is 0 Å². The van der Waals surface area contributed by atoms with Gasteiger partial charge in [0, 0.05) is 10.6 Å². The van der Waals surface area contributed by atoms with Gasteiger partial charge in [-0.1, -0.05) is 54.1 Å². The van der Waals surface area contributed by atoms with Crippen LogP contribution in [0.3, 0.4) is 0 Å². The first-order chi connectivity index (χ1) is 12.5. The second kappa shape index (κ2) is 7.70. The van der Waals surface area contributed by atoms with Crippen molar-refractivity contribution < 1.29 is 13.2 Å². The summed E-state index contributed by atoms with van der Waals surface area (Å²) < 4.78 is 24.3. The van der Waals surface area contributed by atoms with Crippen molar-refractivity contribution in [3.8, 4) is 11.1 Å². The number of nitrogens with one attached hydrogen (secondary N) is 2. The van der Waals surface area contributed by atoms with E-state index in [0.29, 0.717) is 10.6 Å². The first kappa shape index (κ1) is 18.1. The molecule has 0 saturated heterocycles. The Morgan fingerprint density at radius 2 is 1.50 bits per heavy atom. The highest BCUT2D eigenvalue weighted by molar-refractivity contribution is 7.89. The third kappa shape index (κ3) is 4.29. The highest BCUT2D eigenvalue weighted by Gasteiger charge is 2.15. The summed E-state index contributed by atoms with van der Waals surface area (Å²) in [5.74, 6) is -0.555. The minimum atomic E-state index is -3.83. The summed E-state index contributed by atoms with van der Waals surface area (Å²) in [5.41, 5.74) is 4.27. The number of carbonyl (C=O) groups excluding carboxylic acids is 1. The SMILES string of the molecule is O=C(NNS(=O)(=O)c1ccccc1)c1cccc(-c2ccc(Cl)cc2)c1. The molecule has 0 spiro atoms. The summed E-state index contributed by atoms with van der Waals surface area (Å²) in [4.78, 5) is 14.5. The fraction of sp³-hybridized carbons (Fsp3) is 0. The molecule has 0 fully saturated rings. The molecule has 0 radical (unpaired) electrons. The second-order valence-electron chi connectivity index (χ2n) is 5.46. The number of halogens is 1. The predicted octanol–water partition coefficient (Wildman–Crippen LogP) is 3.63. The zero-order chi connectivity index (χ0) is 18.6. The fourth-order valence-corrected chi connectivity index (χ4v) is 3.31. The van der Waals surface area contributed by atoms with Gasteiger partial charge in [0.15, 0.2) is 0 Å². The minimum Gasteiger partial charge on any atom is -0.273 e. The van der Waals surface area contributed by atoms with Crippen molar-refractivity contribution in [2.75, 3.05) is 0 Å². The molecule has 0 atom stereocenters. The summed E-state index contributed by atoms with van der Waals surface area (Å²) >= 11 is 5.89. The molecular formula is C19H15ClN2O3S. The monoisotopic (exact) mass is 386 g/mol. The first-order valence-electron chi connectivity index (χ1n) is 7.69. The predicted molar refractivity (Wildman–Crippen MR) is 101 cm³/mol. The van der Waals surface area contributed by atoms with Gasteiger partial charge < -0.3 is 0 Å². The molecule has 3 aromatic carbocycles. The van der Waals surface area contributed by atoms with Gasteiger partial charge in [-0.25, -0.2) is 8.42 Å². The zero-order valence-electron chi connectivity index (χ0n) is 13.5. The topological polar surface area (TPSA) is 75.3 Å². The minimum absolute atomic E-state index is 0.0650. The van der Waals surface area contributed by atoms with E-state index in [1.165, 1.54) is 12.1 Å². The molecule has 5 nitrogen and oxygen atoms in total. The van der Waals surface area contributed by atoms with Crippen LogP contribution < -0.4 is 10.3 Å². The standard InChI is InChI=1S/C19H15ClN2O3S/c20-17-11-9-14(10-12-17)15-5-4-6-16(13-15)19(23)21-22-26(24,25)18-7-2-1-3-8-18/h1-13,22H,(H,21,23). The number of rotatable bonds is 5. The molecular weight excluding hydrogens is 372 g/mol. The maximum Gasteiger partial charge on any atom is 0.266 e. The number of hydrazine groups is 1. The summed E-state index contributed by atoms with van der Waals surface area (Å²) in [5, 5.41) is 0.623. The molecule has 1 amide bonds. The van der Waals surface area contributed by atoms with Crippen LogP contribution in [0.15, 0.2) is 83.8 Å². The van der Waals surface area contributed by atoms with Gasteiger partial charge in [0.25, 0.3) is 15.9 Å². The van der Waals surface area contributed by atoms with E-state index in [1.807, 2.05) is 18.2 Å². The molecule has 0 bridgehead atoms. The van der Waals surface area contributed by atoms with Crippen LogP contribution in [-0.4, -0.2) is 14.3 Å². The summed E-state index contributed by atoms with van der Waals surface area (Å²) in [6.45, 7) is 0. The van der Waals surface area contributed by atoms with E-state index in [2.05, 4.69) is 10.3 Å². The van der Waals surface area contributed by atoms with Gasteiger partial charge in [0.1, 0.15) is 0 Å². The number of benzene rings is 3. The number of sulfonamides is 1.